The number of hydrogen-bond donors (Lipinski definition) is 1. The van der Waals surface area contributed by atoms with Crippen molar-refractivity contribution in [2.24, 2.45) is 0 Å². The van der Waals surface area contributed by atoms with Gasteiger partial charge in [-0.3, -0.25) is 9.59 Å². The topological polar surface area (TPSA) is 58.6 Å². The van der Waals surface area contributed by atoms with Crippen molar-refractivity contribution in [2.45, 2.75) is 20.8 Å². The van der Waals surface area contributed by atoms with Gasteiger partial charge >= 0.3 is 0 Å². The Morgan fingerprint density at radius 2 is 1.70 bits per heavy atom. The van der Waals surface area contributed by atoms with E-state index in [0.717, 1.165) is 22.4 Å². The second-order valence-electron chi connectivity index (χ2n) is 5.08. The normalized spacial score (nSPS) is 10.1. The standard InChI is InChI=1S/C15H22N2O3/c1-10-6-11(2)15(12(3)7-10)20-9-13(18)16-8-14(19)17(4)5/h6-7H,8-9H2,1-5H3,(H,16,18). The first-order chi connectivity index (χ1) is 9.31. The number of nitrogens with one attached hydrogen (secondary N) is 1. The maximum Gasteiger partial charge on any atom is 0.258 e. The minimum absolute atomic E-state index is 0.0128. The molecule has 0 saturated heterocycles. The lowest BCUT2D eigenvalue weighted by atomic mass is 10.1. The lowest BCUT2D eigenvalue weighted by molar-refractivity contribution is -0.131. The van der Waals surface area contributed by atoms with Crippen molar-refractivity contribution >= 4 is 11.8 Å². The van der Waals surface area contributed by atoms with Crippen molar-refractivity contribution in [1.29, 1.82) is 0 Å². The lowest BCUT2D eigenvalue weighted by Gasteiger charge is -2.14. The highest BCUT2D eigenvalue weighted by molar-refractivity contribution is 5.85. The molecular formula is C15H22N2O3. The highest BCUT2D eigenvalue weighted by Gasteiger charge is 2.10. The number of hydrogen-bond acceptors (Lipinski definition) is 3. The van der Waals surface area contributed by atoms with Crippen LogP contribution in [0.5, 0.6) is 5.75 Å². The van der Waals surface area contributed by atoms with Gasteiger partial charge in [-0.25, -0.2) is 0 Å². The summed E-state index contributed by atoms with van der Waals surface area (Å²) in [5.41, 5.74) is 3.16. The minimum Gasteiger partial charge on any atom is -0.483 e. The van der Waals surface area contributed by atoms with Crippen LogP contribution in [-0.4, -0.2) is 44.0 Å². The number of rotatable bonds is 5. The van der Waals surface area contributed by atoms with E-state index in [1.165, 1.54) is 4.90 Å². The molecule has 1 aromatic carbocycles. The zero-order chi connectivity index (χ0) is 15.3. The molecule has 0 atom stereocenters. The van der Waals surface area contributed by atoms with Crippen LogP contribution in [0.25, 0.3) is 0 Å². The first kappa shape index (κ1) is 16.0. The smallest absolute Gasteiger partial charge is 0.258 e. The highest BCUT2D eigenvalue weighted by Crippen LogP contribution is 2.24. The van der Waals surface area contributed by atoms with Gasteiger partial charge in [0.05, 0.1) is 6.54 Å². The van der Waals surface area contributed by atoms with E-state index in [9.17, 15) is 9.59 Å². The summed E-state index contributed by atoms with van der Waals surface area (Å²) in [4.78, 5) is 24.4. The van der Waals surface area contributed by atoms with Crippen LogP contribution in [0.3, 0.4) is 0 Å². The molecule has 5 heteroatoms. The van der Waals surface area contributed by atoms with E-state index in [0.29, 0.717) is 0 Å². The van der Waals surface area contributed by atoms with Crippen LogP contribution in [0.1, 0.15) is 16.7 Å². The van der Waals surface area contributed by atoms with Gasteiger partial charge in [-0.1, -0.05) is 17.7 Å². The first-order valence-electron chi connectivity index (χ1n) is 6.48. The van der Waals surface area contributed by atoms with Gasteiger partial charge in [-0.15, -0.1) is 0 Å². The van der Waals surface area contributed by atoms with Crippen molar-refractivity contribution in [1.82, 2.24) is 10.2 Å². The number of ether oxygens (including phenoxy) is 1. The van der Waals surface area contributed by atoms with Crippen molar-refractivity contribution in [3.8, 4) is 5.75 Å². The van der Waals surface area contributed by atoms with Gasteiger partial charge in [0, 0.05) is 14.1 Å². The number of likely N-dealkylation sites (N-methyl/N-ethyl adjacent to an activating group) is 1. The first-order valence-corrected chi connectivity index (χ1v) is 6.48. The molecule has 0 aromatic heterocycles. The zero-order valence-corrected chi connectivity index (χ0v) is 12.7. The number of aryl methyl sites for hydroxylation is 3. The predicted octanol–water partition coefficient (Wildman–Crippen LogP) is 1.20. The van der Waals surface area contributed by atoms with Gasteiger partial charge in [-0.2, -0.15) is 0 Å². The van der Waals surface area contributed by atoms with Gasteiger partial charge in [0.25, 0.3) is 5.91 Å². The molecule has 0 radical (unpaired) electrons. The van der Waals surface area contributed by atoms with Crippen LogP contribution in [-0.2, 0) is 9.59 Å². The monoisotopic (exact) mass is 278 g/mol. The summed E-state index contributed by atoms with van der Waals surface area (Å²) in [5, 5.41) is 2.53. The summed E-state index contributed by atoms with van der Waals surface area (Å²) >= 11 is 0. The van der Waals surface area contributed by atoms with Crippen LogP contribution in [0.2, 0.25) is 0 Å². The van der Waals surface area contributed by atoms with Crippen molar-refractivity contribution in [3.63, 3.8) is 0 Å². The van der Waals surface area contributed by atoms with E-state index in [-0.39, 0.29) is 25.0 Å². The van der Waals surface area contributed by atoms with Gasteiger partial charge in [0.1, 0.15) is 5.75 Å². The van der Waals surface area contributed by atoms with Crippen molar-refractivity contribution < 1.29 is 14.3 Å². The van der Waals surface area contributed by atoms with E-state index < -0.39 is 0 Å². The predicted molar refractivity (Wildman–Crippen MR) is 77.9 cm³/mol. The number of carbonyl (C=O) groups excluding carboxylic acids is 2. The molecule has 5 nitrogen and oxygen atoms in total. The van der Waals surface area contributed by atoms with Gasteiger partial charge in [0.15, 0.2) is 6.61 Å². The van der Waals surface area contributed by atoms with Crippen LogP contribution in [0.4, 0.5) is 0 Å². The molecule has 20 heavy (non-hydrogen) atoms. The van der Waals surface area contributed by atoms with Gasteiger partial charge in [0.2, 0.25) is 5.91 Å². The van der Waals surface area contributed by atoms with E-state index in [1.807, 2.05) is 32.9 Å². The molecule has 0 bridgehead atoms. The third-order valence-electron chi connectivity index (χ3n) is 2.89. The minimum atomic E-state index is -0.306. The Labute approximate surface area is 119 Å². The molecule has 0 unspecified atom stereocenters. The molecule has 2 amide bonds. The van der Waals surface area contributed by atoms with E-state index in [2.05, 4.69) is 5.32 Å². The summed E-state index contributed by atoms with van der Waals surface area (Å²) in [5.74, 6) is 0.269. The fraction of sp³-hybridized carbons (Fsp3) is 0.467. The molecule has 0 saturated carbocycles. The molecule has 1 rings (SSSR count). The highest BCUT2D eigenvalue weighted by atomic mass is 16.5. The number of benzene rings is 1. The zero-order valence-electron chi connectivity index (χ0n) is 12.7. The molecule has 110 valence electrons. The molecule has 1 aromatic rings. The van der Waals surface area contributed by atoms with Crippen molar-refractivity contribution in [2.75, 3.05) is 27.2 Å². The molecule has 0 aliphatic rings. The molecule has 0 heterocycles. The average molecular weight is 278 g/mol. The Kier molecular flexibility index (Phi) is 5.55. The Hall–Kier alpha value is -2.04. The number of nitrogens with zero attached hydrogens (tertiary/aromatic N) is 1. The fourth-order valence-electron chi connectivity index (χ4n) is 1.92. The van der Waals surface area contributed by atoms with Crippen LogP contribution < -0.4 is 10.1 Å². The summed E-state index contributed by atoms with van der Waals surface area (Å²) in [6.07, 6.45) is 0. The van der Waals surface area contributed by atoms with Gasteiger partial charge in [-0.05, 0) is 31.9 Å². The molecular weight excluding hydrogens is 256 g/mol. The number of carbonyl (C=O) groups is 2. The summed E-state index contributed by atoms with van der Waals surface area (Å²) in [6.45, 7) is 5.81. The van der Waals surface area contributed by atoms with Crippen LogP contribution in [0, 0.1) is 20.8 Å². The summed E-state index contributed by atoms with van der Waals surface area (Å²) in [7, 11) is 3.29. The lowest BCUT2D eigenvalue weighted by Crippen LogP contribution is -2.38. The molecule has 1 N–H and O–H groups in total. The SMILES string of the molecule is Cc1cc(C)c(OCC(=O)NCC(=O)N(C)C)c(C)c1. The quantitative estimate of drug-likeness (QED) is 0.880. The van der Waals surface area contributed by atoms with Gasteiger partial charge < -0.3 is 15.0 Å². The van der Waals surface area contributed by atoms with Crippen LogP contribution in [0.15, 0.2) is 12.1 Å². The van der Waals surface area contributed by atoms with E-state index in [4.69, 9.17) is 4.74 Å². The Bertz CT molecular complexity index is 487. The van der Waals surface area contributed by atoms with E-state index in [1.54, 1.807) is 14.1 Å². The maximum atomic E-state index is 11.6. The Morgan fingerprint density at radius 1 is 1.15 bits per heavy atom. The second kappa shape index (κ2) is 6.93. The third kappa shape index (κ3) is 4.57. The fourth-order valence-corrected chi connectivity index (χ4v) is 1.92. The molecule has 0 aliphatic carbocycles. The molecule has 0 spiro atoms. The van der Waals surface area contributed by atoms with E-state index >= 15 is 0 Å². The molecule has 0 fully saturated rings. The Balaban J connectivity index is 2.52. The maximum absolute atomic E-state index is 11.6. The van der Waals surface area contributed by atoms with Crippen LogP contribution >= 0.6 is 0 Å². The second-order valence-corrected chi connectivity index (χ2v) is 5.08. The number of amides is 2. The molecule has 0 aliphatic heterocycles. The summed E-state index contributed by atoms with van der Waals surface area (Å²) < 4.78 is 5.54. The largest absolute Gasteiger partial charge is 0.483 e. The van der Waals surface area contributed by atoms with Crippen molar-refractivity contribution in [3.05, 3.63) is 28.8 Å². The Morgan fingerprint density at radius 3 is 2.20 bits per heavy atom. The summed E-state index contributed by atoms with van der Waals surface area (Å²) in [6, 6.07) is 4.02. The average Bonchev–Trinajstić information content (AvgIpc) is 2.34. The third-order valence-corrected chi connectivity index (χ3v) is 2.89.